The van der Waals surface area contributed by atoms with E-state index in [2.05, 4.69) is 30.2 Å². The summed E-state index contributed by atoms with van der Waals surface area (Å²) in [6, 6.07) is 3.84. The van der Waals surface area contributed by atoms with Crippen LogP contribution in [-0.4, -0.2) is 24.9 Å². The monoisotopic (exact) mass is 258 g/mol. The van der Waals surface area contributed by atoms with Crippen LogP contribution in [0.1, 0.15) is 11.3 Å². The average Bonchev–Trinajstić information content (AvgIpc) is 2.85. The van der Waals surface area contributed by atoms with Gasteiger partial charge in [-0.05, 0) is 18.6 Å². The van der Waals surface area contributed by atoms with Crippen LogP contribution in [0.2, 0.25) is 0 Å². The third-order valence-corrected chi connectivity index (χ3v) is 2.79. The molecule has 0 aliphatic carbocycles. The van der Waals surface area contributed by atoms with Crippen molar-refractivity contribution in [2.45, 2.75) is 13.5 Å². The number of anilines is 1. The number of fused-ring (bicyclic) bond motifs is 1. The highest BCUT2D eigenvalue weighted by Gasteiger charge is 2.10. The van der Waals surface area contributed by atoms with Crippen molar-refractivity contribution < 1.29 is 4.39 Å². The number of H-pyrrole nitrogens is 1. The molecule has 0 unspecified atom stereocenters. The van der Waals surface area contributed by atoms with Gasteiger partial charge >= 0.3 is 6.08 Å². The minimum atomic E-state index is -0.794. The Labute approximate surface area is 108 Å². The van der Waals surface area contributed by atoms with E-state index in [9.17, 15) is 4.39 Å². The summed E-state index contributed by atoms with van der Waals surface area (Å²) in [4.78, 5) is 18.4. The van der Waals surface area contributed by atoms with Crippen molar-refractivity contribution in [2.24, 2.45) is 0 Å². The van der Waals surface area contributed by atoms with Crippen LogP contribution in [0.25, 0.3) is 11.2 Å². The lowest BCUT2D eigenvalue weighted by Crippen LogP contribution is -2.07. The number of hydrogen-bond donors (Lipinski definition) is 2. The molecule has 0 aliphatic rings. The van der Waals surface area contributed by atoms with Crippen LogP contribution in [0, 0.1) is 13.0 Å². The maximum Gasteiger partial charge on any atom is 0.312 e. The average molecular weight is 258 g/mol. The van der Waals surface area contributed by atoms with Crippen molar-refractivity contribution in [1.82, 2.24) is 24.9 Å². The molecule has 2 N–H and O–H groups in total. The summed E-state index contributed by atoms with van der Waals surface area (Å²) in [6.07, 6.45) is 2.38. The van der Waals surface area contributed by atoms with Crippen molar-refractivity contribution in [2.75, 3.05) is 5.32 Å². The second kappa shape index (κ2) is 4.60. The first-order valence-corrected chi connectivity index (χ1v) is 5.75. The van der Waals surface area contributed by atoms with Crippen molar-refractivity contribution in [1.29, 1.82) is 0 Å². The Balaban J connectivity index is 1.90. The molecule has 0 fully saturated rings. The van der Waals surface area contributed by atoms with Gasteiger partial charge in [-0.15, -0.1) is 0 Å². The number of nitrogens with one attached hydrogen (secondary N) is 2. The fourth-order valence-electron chi connectivity index (χ4n) is 1.80. The molecule has 3 heterocycles. The molecule has 0 radical (unpaired) electrons. The Hall–Kier alpha value is -2.57. The summed E-state index contributed by atoms with van der Waals surface area (Å²) in [6.45, 7) is 2.42. The van der Waals surface area contributed by atoms with Gasteiger partial charge in [0, 0.05) is 6.20 Å². The van der Waals surface area contributed by atoms with Gasteiger partial charge in [-0.3, -0.25) is 4.98 Å². The van der Waals surface area contributed by atoms with E-state index >= 15 is 0 Å². The van der Waals surface area contributed by atoms with Gasteiger partial charge in [-0.2, -0.15) is 14.4 Å². The normalized spacial score (nSPS) is 10.8. The SMILES string of the molecule is Cc1cccnc1CNc1nc(F)nc2[nH]cnc12. The van der Waals surface area contributed by atoms with Gasteiger partial charge in [0.25, 0.3) is 0 Å². The molecular weight excluding hydrogens is 247 g/mol. The van der Waals surface area contributed by atoms with Gasteiger partial charge in [-0.25, -0.2) is 4.98 Å². The molecule has 96 valence electrons. The predicted octanol–water partition coefficient (Wildman–Crippen LogP) is 1.81. The number of aryl methyl sites for hydroxylation is 1. The highest BCUT2D eigenvalue weighted by molar-refractivity contribution is 5.81. The number of pyridine rings is 1. The second-order valence-corrected chi connectivity index (χ2v) is 4.06. The summed E-state index contributed by atoms with van der Waals surface area (Å²) in [5, 5.41) is 3.04. The van der Waals surface area contributed by atoms with E-state index in [1.165, 1.54) is 6.33 Å². The van der Waals surface area contributed by atoms with Crippen molar-refractivity contribution in [3.63, 3.8) is 0 Å². The van der Waals surface area contributed by atoms with E-state index < -0.39 is 6.08 Å². The molecule has 3 rings (SSSR count). The Kier molecular flexibility index (Phi) is 2.79. The van der Waals surface area contributed by atoms with Gasteiger partial charge in [0.1, 0.15) is 5.52 Å². The minimum Gasteiger partial charge on any atom is -0.362 e. The van der Waals surface area contributed by atoms with Gasteiger partial charge in [0.15, 0.2) is 11.5 Å². The lowest BCUT2D eigenvalue weighted by molar-refractivity contribution is 0.545. The molecule has 3 aromatic heterocycles. The quantitative estimate of drug-likeness (QED) is 0.700. The van der Waals surface area contributed by atoms with Gasteiger partial charge in [-0.1, -0.05) is 6.07 Å². The Morgan fingerprint density at radius 1 is 1.32 bits per heavy atom. The summed E-state index contributed by atoms with van der Waals surface area (Å²) in [5.41, 5.74) is 2.82. The van der Waals surface area contributed by atoms with Gasteiger partial charge in [0.2, 0.25) is 0 Å². The number of nitrogens with zero attached hydrogens (tertiary/aromatic N) is 4. The van der Waals surface area contributed by atoms with Gasteiger partial charge < -0.3 is 10.3 Å². The molecular formula is C12H11FN6. The maximum atomic E-state index is 13.3. The zero-order valence-electron chi connectivity index (χ0n) is 10.2. The van der Waals surface area contributed by atoms with Crippen molar-refractivity contribution in [3.8, 4) is 0 Å². The molecule has 0 saturated carbocycles. The van der Waals surface area contributed by atoms with Gasteiger partial charge in [0.05, 0.1) is 18.6 Å². The summed E-state index contributed by atoms with van der Waals surface area (Å²) in [7, 11) is 0. The van der Waals surface area contributed by atoms with Crippen LogP contribution >= 0.6 is 0 Å². The predicted molar refractivity (Wildman–Crippen MR) is 67.9 cm³/mol. The third kappa shape index (κ3) is 2.22. The molecule has 0 saturated heterocycles. The van der Waals surface area contributed by atoms with E-state index in [-0.39, 0.29) is 0 Å². The number of halogens is 1. The van der Waals surface area contributed by atoms with Crippen LogP contribution in [0.4, 0.5) is 10.2 Å². The number of aromatic amines is 1. The summed E-state index contributed by atoms with van der Waals surface area (Å²) < 4.78 is 13.3. The van der Waals surface area contributed by atoms with Crippen LogP contribution in [0.3, 0.4) is 0 Å². The van der Waals surface area contributed by atoms with E-state index in [0.717, 1.165) is 11.3 Å². The molecule has 6 nitrogen and oxygen atoms in total. The molecule has 3 aromatic rings. The smallest absolute Gasteiger partial charge is 0.312 e. The molecule has 0 amide bonds. The molecule has 19 heavy (non-hydrogen) atoms. The second-order valence-electron chi connectivity index (χ2n) is 4.06. The fourth-order valence-corrected chi connectivity index (χ4v) is 1.80. The minimum absolute atomic E-state index is 0.355. The molecule has 0 aromatic carbocycles. The largest absolute Gasteiger partial charge is 0.362 e. The van der Waals surface area contributed by atoms with Crippen LogP contribution in [0.5, 0.6) is 0 Å². The third-order valence-electron chi connectivity index (χ3n) is 2.79. The summed E-state index contributed by atoms with van der Waals surface area (Å²) in [5.74, 6) is 0.355. The molecule has 0 spiro atoms. The number of hydrogen-bond acceptors (Lipinski definition) is 5. The van der Waals surface area contributed by atoms with Crippen LogP contribution in [0.15, 0.2) is 24.7 Å². The van der Waals surface area contributed by atoms with Crippen LogP contribution < -0.4 is 5.32 Å². The molecule has 0 aliphatic heterocycles. The molecule has 7 heteroatoms. The number of aromatic nitrogens is 5. The zero-order chi connectivity index (χ0) is 13.2. The van der Waals surface area contributed by atoms with Crippen LogP contribution in [-0.2, 0) is 6.54 Å². The Morgan fingerprint density at radius 3 is 3.05 bits per heavy atom. The first kappa shape index (κ1) is 11.5. The molecule has 0 atom stereocenters. The first-order valence-electron chi connectivity index (χ1n) is 5.75. The van der Waals surface area contributed by atoms with E-state index in [1.807, 2.05) is 19.1 Å². The fraction of sp³-hybridized carbons (Fsp3) is 0.167. The lowest BCUT2D eigenvalue weighted by Gasteiger charge is -2.07. The van der Waals surface area contributed by atoms with Crippen molar-refractivity contribution >= 4 is 17.0 Å². The van der Waals surface area contributed by atoms with Crippen molar-refractivity contribution in [3.05, 3.63) is 42.0 Å². The maximum absolute atomic E-state index is 13.3. The summed E-state index contributed by atoms with van der Waals surface area (Å²) >= 11 is 0. The Morgan fingerprint density at radius 2 is 2.21 bits per heavy atom. The van der Waals surface area contributed by atoms with E-state index in [1.54, 1.807) is 6.20 Å². The topological polar surface area (TPSA) is 79.4 Å². The lowest BCUT2D eigenvalue weighted by atomic mass is 10.2. The zero-order valence-corrected chi connectivity index (χ0v) is 10.2. The standard InChI is InChI=1S/C12H11FN6/c1-7-3-2-4-14-8(7)5-15-10-9-11(17-6-16-9)19-12(13)18-10/h2-4,6H,5H2,1H3,(H2,15,16,17,18,19). The number of imidazole rings is 1. The highest BCUT2D eigenvalue weighted by Crippen LogP contribution is 2.17. The molecule has 0 bridgehead atoms. The first-order chi connectivity index (χ1) is 9.24. The Bertz CT molecular complexity index is 723. The number of rotatable bonds is 3. The van der Waals surface area contributed by atoms with E-state index in [4.69, 9.17) is 0 Å². The van der Waals surface area contributed by atoms with E-state index in [0.29, 0.717) is 23.5 Å². The highest BCUT2D eigenvalue weighted by atomic mass is 19.1.